The highest BCUT2D eigenvalue weighted by molar-refractivity contribution is 7.90. The minimum Gasteiger partial charge on any atom is -0.411 e. The number of hydrogen-bond acceptors (Lipinski definition) is 7. The zero-order chi connectivity index (χ0) is 18.2. The van der Waals surface area contributed by atoms with E-state index >= 15 is 0 Å². The monoisotopic (exact) mass is 385 g/mol. The lowest BCUT2D eigenvalue weighted by Gasteiger charge is -2.17. The van der Waals surface area contributed by atoms with Crippen LogP contribution in [0.5, 0.6) is 0 Å². The fraction of sp³-hybridized carbons (Fsp3) is 0.467. The number of aryl methyl sites for hydroxylation is 2. The molecule has 2 aromatic rings. The van der Waals surface area contributed by atoms with Crippen molar-refractivity contribution in [2.24, 2.45) is 0 Å². The van der Waals surface area contributed by atoms with E-state index in [1.807, 2.05) is 6.07 Å². The maximum Gasteiger partial charge on any atom is 0.335 e. The van der Waals surface area contributed by atoms with Gasteiger partial charge in [-0.25, -0.2) is 16.8 Å². The molecular weight excluding hydrogens is 366 g/mol. The van der Waals surface area contributed by atoms with Crippen LogP contribution in [0.4, 0.5) is 0 Å². The van der Waals surface area contributed by atoms with Gasteiger partial charge in [-0.2, -0.15) is 4.72 Å². The summed E-state index contributed by atoms with van der Waals surface area (Å²) >= 11 is 0. The second-order valence-corrected chi connectivity index (χ2v) is 9.77. The Morgan fingerprint density at radius 1 is 1.08 bits per heavy atom. The maximum absolute atomic E-state index is 12.6. The Labute approximate surface area is 146 Å². The van der Waals surface area contributed by atoms with Gasteiger partial charge in [0.2, 0.25) is 25.8 Å². The van der Waals surface area contributed by atoms with Crippen LogP contribution in [0.15, 0.2) is 32.7 Å². The molecule has 0 spiro atoms. The quantitative estimate of drug-likeness (QED) is 0.826. The van der Waals surface area contributed by atoms with Crippen LogP contribution in [0.25, 0.3) is 0 Å². The predicted molar refractivity (Wildman–Crippen MR) is 89.2 cm³/mol. The second-order valence-electron chi connectivity index (χ2n) is 6.16. The Hall–Kier alpha value is -1.78. The zero-order valence-electron chi connectivity index (χ0n) is 13.9. The molecule has 1 N–H and O–H groups in total. The molecule has 0 radical (unpaired) electrons. The molecule has 8 nitrogen and oxygen atoms in total. The molecule has 0 unspecified atom stereocenters. The molecule has 0 saturated heterocycles. The number of nitrogens with zero attached hydrogens (tertiary/aromatic N) is 2. The molecular formula is C15H19N3O5S2. The second kappa shape index (κ2) is 6.50. The standard InChI is InChI=1S/C15H19N3O5S2/c1-10(14-16-17-15(23-14)24(2,19)20)18-25(21,22)13-8-7-11-5-3-4-6-12(11)9-13/h7-10,18H,3-6H2,1-2H3/t10-/m0/s1. The molecule has 0 amide bonds. The van der Waals surface area contributed by atoms with Crippen LogP contribution in [-0.2, 0) is 32.7 Å². The highest BCUT2D eigenvalue weighted by atomic mass is 32.2. The van der Waals surface area contributed by atoms with Crippen LogP contribution >= 0.6 is 0 Å². The lowest BCUT2D eigenvalue weighted by molar-refractivity contribution is 0.373. The summed E-state index contributed by atoms with van der Waals surface area (Å²) in [6.07, 6.45) is 4.95. The van der Waals surface area contributed by atoms with Crippen LogP contribution in [0.3, 0.4) is 0 Å². The molecule has 1 atom stereocenters. The van der Waals surface area contributed by atoms with E-state index in [-0.39, 0.29) is 10.8 Å². The van der Waals surface area contributed by atoms with Gasteiger partial charge in [0.1, 0.15) is 0 Å². The van der Waals surface area contributed by atoms with E-state index in [4.69, 9.17) is 4.42 Å². The first-order valence-corrected chi connectivity index (χ1v) is 11.2. The van der Waals surface area contributed by atoms with E-state index in [1.54, 1.807) is 12.1 Å². The number of aromatic nitrogens is 2. The third-order valence-electron chi connectivity index (χ3n) is 4.07. The summed E-state index contributed by atoms with van der Waals surface area (Å²) in [5.74, 6) is -0.109. The van der Waals surface area contributed by atoms with Gasteiger partial charge in [-0.3, -0.25) is 0 Å². The first kappa shape index (κ1) is 18.0. The van der Waals surface area contributed by atoms with Crippen molar-refractivity contribution in [3.63, 3.8) is 0 Å². The van der Waals surface area contributed by atoms with Crippen molar-refractivity contribution in [1.29, 1.82) is 0 Å². The molecule has 3 rings (SSSR count). The number of hydrogen-bond donors (Lipinski definition) is 1. The number of nitrogens with one attached hydrogen (secondary N) is 1. The molecule has 10 heteroatoms. The lowest BCUT2D eigenvalue weighted by atomic mass is 9.92. The number of fused-ring (bicyclic) bond motifs is 1. The smallest absolute Gasteiger partial charge is 0.335 e. The van der Waals surface area contributed by atoms with Crippen LogP contribution in [0.1, 0.15) is 42.8 Å². The van der Waals surface area contributed by atoms with E-state index in [2.05, 4.69) is 14.9 Å². The van der Waals surface area contributed by atoms with Crippen LogP contribution in [0, 0.1) is 0 Å². The Morgan fingerprint density at radius 3 is 2.40 bits per heavy atom. The van der Waals surface area contributed by atoms with Gasteiger partial charge in [-0.15, -0.1) is 5.10 Å². The third-order valence-corrected chi connectivity index (χ3v) is 6.41. The summed E-state index contributed by atoms with van der Waals surface area (Å²) in [7, 11) is -7.43. The van der Waals surface area contributed by atoms with E-state index < -0.39 is 31.1 Å². The highest BCUT2D eigenvalue weighted by Gasteiger charge is 2.25. The fourth-order valence-electron chi connectivity index (χ4n) is 2.77. The molecule has 1 aliphatic carbocycles. The maximum atomic E-state index is 12.6. The predicted octanol–water partition coefficient (Wildman–Crippen LogP) is 1.39. The number of sulfonamides is 1. The van der Waals surface area contributed by atoms with E-state index in [0.29, 0.717) is 0 Å². The molecule has 25 heavy (non-hydrogen) atoms. The summed E-state index contributed by atoms with van der Waals surface area (Å²) in [6, 6.07) is 4.26. The molecule has 0 aliphatic heterocycles. The Balaban J connectivity index is 1.82. The molecule has 136 valence electrons. The summed E-state index contributed by atoms with van der Waals surface area (Å²) in [5.41, 5.74) is 2.24. The average molecular weight is 385 g/mol. The van der Waals surface area contributed by atoms with Gasteiger partial charge in [-0.05, 0) is 55.9 Å². The first-order valence-electron chi connectivity index (χ1n) is 7.84. The van der Waals surface area contributed by atoms with Gasteiger partial charge in [-0.1, -0.05) is 11.2 Å². The first-order chi connectivity index (χ1) is 11.7. The van der Waals surface area contributed by atoms with E-state index in [1.165, 1.54) is 12.5 Å². The highest BCUT2D eigenvalue weighted by Crippen LogP contribution is 2.25. The Morgan fingerprint density at radius 2 is 1.76 bits per heavy atom. The summed E-state index contributed by atoms with van der Waals surface area (Å²) in [4.78, 5) is 0.169. The molecule has 0 bridgehead atoms. The SMILES string of the molecule is C[C@H](NS(=O)(=O)c1ccc2c(c1)CCCC2)c1nnc(S(C)(=O)=O)o1. The van der Waals surface area contributed by atoms with Gasteiger partial charge < -0.3 is 4.42 Å². The van der Waals surface area contributed by atoms with Gasteiger partial charge >= 0.3 is 5.22 Å². The molecule has 1 heterocycles. The van der Waals surface area contributed by atoms with Gasteiger partial charge in [0.15, 0.2) is 0 Å². The Kier molecular flexibility index (Phi) is 4.69. The minimum absolute atomic E-state index is 0.109. The van der Waals surface area contributed by atoms with E-state index in [9.17, 15) is 16.8 Å². The van der Waals surface area contributed by atoms with Crippen molar-refractivity contribution in [2.75, 3.05) is 6.26 Å². The summed E-state index contributed by atoms with van der Waals surface area (Å²) in [5, 5.41) is 6.50. The Bertz CT molecular complexity index is 996. The summed E-state index contributed by atoms with van der Waals surface area (Å²) in [6.45, 7) is 1.51. The number of benzene rings is 1. The minimum atomic E-state index is -3.79. The van der Waals surface area contributed by atoms with Crippen molar-refractivity contribution < 1.29 is 21.3 Å². The van der Waals surface area contributed by atoms with Gasteiger partial charge in [0.05, 0.1) is 10.9 Å². The van der Waals surface area contributed by atoms with Crippen LogP contribution in [-0.4, -0.2) is 33.3 Å². The van der Waals surface area contributed by atoms with E-state index in [0.717, 1.165) is 37.5 Å². The van der Waals surface area contributed by atoms with Crippen LogP contribution < -0.4 is 4.72 Å². The van der Waals surface area contributed by atoms with Crippen molar-refractivity contribution in [3.05, 3.63) is 35.2 Å². The third kappa shape index (κ3) is 3.91. The molecule has 0 saturated carbocycles. The summed E-state index contributed by atoms with van der Waals surface area (Å²) < 4.78 is 55.4. The van der Waals surface area contributed by atoms with Crippen molar-refractivity contribution >= 4 is 19.9 Å². The van der Waals surface area contributed by atoms with Crippen LogP contribution in [0.2, 0.25) is 0 Å². The molecule has 1 aliphatic rings. The molecule has 1 aromatic heterocycles. The number of sulfone groups is 1. The lowest BCUT2D eigenvalue weighted by Crippen LogP contribution is -2.27. The topological polar surface area (TPSA) is 119 Å². The number of rotatable bonds is 5. The average Bonchev–Trinajstić information content (AvgIpc) is 3.04. The van der Waals surface area contributed by atoms with Crippen molar-refractivity contribution in [2.45, 2.75) is 48.8 Å². The molecule has 1 aromatic carbocycles. The molecule has 0 fully saturated rings. The normalized spacial score (nSPS) is 16.4. The van der Waals surface area contributed by atoms with Crippen molar-refractivity contribution in [3.8, 4) is 0 Å². The fourth-order valence-corrected chi connectivity index (χ4v) is 4.45. The zero-order valence-corrected chi connectivity index (χ0v) is 15.5. The van der Waals surface area contributed by atoms with Gasteiger partial charge in [0, 0.05) is 6.26 Å². The van der Waals surface area contributed by atoms with Gasteiger partial charge in [0.25, 0.3) is 0 Å². The van der Waals surface area contributed by atoms with Crippen molar-refractivity contribution in [1.82, 2.24) is 14.9 Å². The largest absolute Gasteiger partial charge is 0.411 e.